The Hall–Kier alpha value is -2.30. The number of amides is 1. The van der Waals surface area contributed by atoms with E-state index in [4.69, 9.17) is 5.73 Å². The van der Waals surface area contributed by atoms with Gasteiger partial charge in [-0.05, 0) is 24.3 Å². The standard InChI is InChI=1S/C16H20N4O/c1-10(11-5-3-2-4-6-11)9-18-16(21)15-13(17)14(19-20-15)12-7-8-12/h2-6,10,12H,7-9,17H2,1H3,(H,18,21)(H,19,20). The molecule has 110 valence electrons. The van der Waals surface area contributed by atoms with Crippen LogP contribution in [0.2, 0.25) is 0 Å². The Bertz CT molecular complexity index is 631. The summed E-state index contributed by atoms with van der Waals surface area (Å²) < 4.78 is 0. The number of rotatable bonds is 5. The van der Waals surface area contributed by atoms with Gasteiger partial charge in [-0.3, -0.25) is 9.89 Å². The number of hydrogen-bond acceptors (Lipinski definition) is 3. The van der Waals surface area contributed by atoms with E-state index in [1.165, 1.54) is 5.56 Å². The molecule has 4 N–H and O–H groups in total. The summed E-state index contributed by atoms with van der Waals surface area (Å²) >= 11 is 0. The second-order valence-electron chi connectivity index (χ2n) is 5.70. The normalized spacial score (nSPS) is 15.7. The molecule has 3 rings (SSSR count). The minimum Gasteiger partial charge on any atom is -0.395 e. The molecule has 5 nitrogen and oxygen atoms in total. The molecule has 1 saturated carbocycles. The minimum atomic E-state index is -0.210. The summed E-state index contributed by atoms with van der Waals surface area (Å²) in [5, 5.41) is 9.88. The van der Waals surface area contributed by atoms with Crippen molar-refractivity contribution in [2.45, 2.75) is 31.6 Å². The van der Waals surface area contributed by atoms with Crippen LogP contribution in [0.5, 0.6) is 0 Å². The van der Waals surface area contributed by atoms with Crippen LogP contribution in [0, 0.1) is 0 Å². The maximum Gasteiger partial charge on any atom is 0.273 e. The molecule has 0 radical (unpaired) electrons. The lowest BCUT2D eigenvalue weighted by molar-refractivity contribution is 0.0947. The number of nitrogens with two attached hydrogens (primary N) is 1. The van der Waals surface area contributed by atoms with Crippen LogP contribution in [0.25, 0.3) is 0 Å². The van der Waals surface area contributed by atoms with Crippen molar-refractivity contribution in [3.63, 3.8) is 0 Å². The fraction of sp³-hybridized carbons (Fsp3) is 0.375. The van der Waals surface area contributed by atoms with Crippen LogP contribution in [0.3, 0.4) is 0 Å². The van der Waals surface area contributed by atoms with Gasteiger partial charge in [0.1, 0.15) is 0 Å². The molecule has 1 aliphatic rings. The van der Waals surface area contributed by atoms with Gasteiger partial charge in [-0.2, -0.15) is 5.10 Å². The number of benzene rings is 1. The van der Waals surface area contributed by atoms with Crippen molar-refractivity contribution in [2.75, 3.05) is 12.3 Å². The number of anilines is 1. The Morgan fingerprint density at radius 2 is 2.14 bits per heavy atom. The van der Waals surface area contributed by atoms with Gasteiger partial charge in [-0.15, -0.1) is 0 Å². The quantitative estimate of drug-likeness (QED) is 0.788. The number of nitrogen functional groups attached to an aromatic ring is 1. The lowest BCUT2D eigenvalue weighted by Gasteiger charge is -2.12. The van der Waals surface area contributed by atoms with Gasteiger partial charge in [0, 0.05) is 12.5 Å². The lowest BCUT2D eigenvalue weighted by atomic mass is 10.0. The van der Waals surface area contributed by atoms with Crippen LogP contribution in [-0.4, -0.2) is 22.6 Å². The fourth-order valence-corrected chi connectivity index (χ4v) is 2.45. The molecule has 0 saturated heterocycles. The van der Waals surface area contributed by atoms with E-state index in [1.807, 2.05) is 18.2 Å². The van der Waals surface area contributed by atoms with Gasteiger partial charge >= 0.3 is 0 Å². The van der Waals surface area contributed by atoms with Gasteiger partial charge < -0.3 is 11.1 Å². The molecule has 1 fully saturated rings. The molecule has 5 heteroatoms. The van der Waals surface area contributed by atoms with Gasteiger partial charge in [0.2, 0.25) is 0 Å². The van der Waals surface area contributed by atoms with Gasteiger partial charge in [0.05, 0.1) is 11.4 Å². The highest BCUT2D eigenvalue weighted by Gasteiger charge is 2.30. The molecular weight excluding hydrogens is 264 g/mol. The highest BCUT2D eigenvalue weighted by atomic mass is 16.1. The van der Waals surface area contributed by atoms with E-state index in [0.717, 1.165) is 18.5 Å². The topological polar surface area (TPSA) is 83.8 Å². The summed E-state index contributed by atoms with van der Waals surface area (Å²) in [5.41, 5.74) is 8.94. The molecule has 21 heavy (non-hydrogen) atoms. The molecule has 1 atom stereocenters. The summed E-state index contributed by atoms with van der Waals surface area (Å²) in [6.07, 6.45) is 2.25. The average Bonchev–Trinajstić information content (AvgIpc) is 3.28. The molecular formula is C16H20N4O. The molecule has 0 aliphatic heterocycles. The number of carbonyl (C=O) groups is 1. The van der Waals surface area contributed by atoms with E-state index >= 15 is 0 Å². The van der Waals surface area contributed by atoms with Crippen LogP contribution in [-0.2, 0) is 0 Å². The Kier molecular flexibility index (Phi) is 3.64. The highest BCUT2D eigenvalue weighted by molar-refractivity contribution is 5.97. The van der Waals surface area contributed by atoms with Gasteiger partial charge in [-0.25, -0.2) is 0 Å². The molecule has 1 aliphatic carbocycles. The number of nitrogens with zero attached hydrogens (tertiary/aromatic N) is 1. The predicted molar refractivity (Wildman–Crippen MR) is 82.2 cm³/mol. The lowest BCUT2D eigenvalue weighted by Crippen LogP contribution is -2.28. The number of aromatic nitrogens is 2. The molecule has 1 aromatic carbocycles. The monoisotopic (exact) mass is 284 g/mol. The number of aromatic amines is 1. The molecule has 1 amide bonds. The molecule has 1 unspecified atom stereocenters. The van der Waals surface area contributed by atoms with Crippen molar-refractivity contribution in [3.8, 4) is 0 Å². The van der Waals surface area contributed by atoms with Crippen LogP contribution < -0.4 is 11.1 Å². The summed E-state index contributed by atoms with van der Waals surface area (Å²) in [6, 6.07) is 10.1. The SMILES string of the molecule is CC(CNC(=O)c1n[nH]c(C2CC2)c1N)c1ccccc1. The minimum absolute atomic E-state index is 0.210. The zero-order valence-electron chi connectivity index (χ0n) is 12.1. The maximum atomic E-state index is 12.2. The van der Waals surface area contributed by atoms with Gasteiger partial charge in [0.25, 0.3) is 5.91 Å². The third kappa shape index (κ3) is 2.91. The van der Waals surface area contributed by atoms with Crippen LogP contribution in [0.15, 0.2) is 30.3 Å². The second kappa shape index (κ2) is 5.60. The van der Waals surface area contributed by atoms with Crippen molar-refractivity contribution in [1.82, 2.24) is 15.5 Å². The molecule has 1 heterocycles. The van der Waals surface area contributed by atoms with Gasteiger partial charge in [0.15, 0.2) is 5.69 Å². The van der Waals surface area contributed by atoms with Crippen molar-refractivity contribution < 1.29 is 4.79 Å². The summed E-state index contributed by atoms with van der Waals surface area (Å²) in [4.78, 5) is 12.2. The zero-order chi connectivity index (χ0) is 14.8. The van der Waals surface area contributed by atoms with E-state index in [2.05, 4.69) is 34.6 Å². The molecule has 0 spiro atoms. The smallest absolute Gasteiger partial charge is 0.273 e. The Morgan fingerprint density at radius 3 is 2.81 bits per heavy atom. The number of H-pyrrole nitrogens is 1. The first-order chi connectivity index (χ1) is 10.2. The predicted octanol–water partition coefficient (Wildman–Crippen LogP) is 2.40. The van der Waals surface area contributed by atoms with E-state index in [1.54, 1.807) is 0 Å². The Morgan fingerprint density at radius 1 is 1.43 bits per heavy atom. The van der Waals surface area contributed by atoms with E-state index in [0.29, 0.717) is 23.8 Å². The van der Waals surface area contributed by atoms with Crippen molar-refractivity contribution in [3.05, 3.63) is 47.3 Å². The largest absolute Gasteiger partial charge is 0.395 e. The summed E-state index contributed by atoms with van der Waals surface area (Å²) in [6.45, 7) is 2.65. The van der Waals surface area contributed by atoms with E-state index < -0.39 is 0 Å². The third-order valence-electron chi connectivity index (χ3n) is 3.97. The number of nitrogens with one attached hydrogen (secondary N) is 2. The molecule has 2 aromatic rings. The number of carbonyl (C=O) groups excluding carboxylic acids is 1. The van der Waals surface area contributed by atoms with Crippen LogP contribution >= 0.6 is 0 Å². The summed E-state index contributed by atoms with van der Waals surface area (Å²) in [5.74, 6) is 0.499. The van der Waals surface area contributed by atoms with Crippen LogP contribution in [0.1, 0.15) is 53.3 Å². The Balaban J connectivity index is 1.61. The highest BCUT2D eigenvalue weighted by Crippen LogP contribution is 2.42. The fourth-order valence-electron chi connectivity index (χ4n) is 2.45. The first-order valence-corrected chi connectivity index (χ1v) is 7.33. The van der Waals surface area contributed by atoms with Gasteiger partial charge in [-0.1, -0.05) is 37.3 Å². The van der Waals surface area contributed by atoms with Crippen molar-refractivity contribution in [1.29, 1.82) is 0 Å². The van der Waals surface area contributed by atoms with Crippen LogP contribution in [0.4, 0.5) is 5.69 Å². The first kappa shape index (κ1) is 13.7. The molecule has 1 aromatic heterocycles. The summed E-state index contributed by atoms with van der Waals surface area (Å²) in [7, 11) is 0. The third-order valence-corrected chi connectivity index (χ3v) is 3.97. The average molecular weight is 284 g/mol. The van der Waals surface area contributed by atoms with Crippen molar-refractivity contribution in [2.24, 2.45) is 0 Å². The Labute approximate surface area is 123 Å². The van der Waals surface area contributed by atoms with Crippen molar-refractivity contribution >= 4 is 11.6 Å². The molecule has 0 bridgehead atoms. The second-order valence-corrected chi connectivity index (χ2v) is 5.70. The zero-order valence-corrected chi connectivity index (χ0v) is 12.1. The maximum absolute atomic E-state index is 12.2. The van der Waals surface area contributed by atoms with E-state index in [9.17, 15) is 4.79 Å². The first-order valence-electron chi connectivity index (χ1n) is 7.33. The number of hydrogen-bond donors (Lipinski definition) is 3. The van der Waals surface area contributed by atoms with E-state index in [-0.39, 0.29) is 11.8 Å².